The zero-order valence-corrected chi connectivity index (χ0v) is 13.7. The molecule has 0 spiro atoms. The highest BCUT2D eigenvalue weighted by atomic mass is 16.6. The first kappa shape index (κ1) is 16.1. The Morgan fingerprint density at radius 3 is 2.25 bits per heavy atom. The van der Waals surface area contributed by atoms with E-state index in [0.29, 0.717) is 22.7 Å². The first-order valence-corrected chi connectivity index (χ1v) is 7.44. The van der Waals surface area contributed by atoms with Crippen molar-refractivity contribution in [3.63, 3.8) is 0 Å². The highest BCUT2D eigenvalue weighted by Gasteiger charge is 2.47. The maximum Gasteiger partial charge on any atom is 0.200 e. The number of methoxy groups -OCH3 is 3. The van der Waals surface area contributed by atoms with Crippen LogP contribution in [0.15, 0.2) is 36.4 Å². The van der Waals surface area contributed by atoms with Gasteiger partial charge in [-0.1, -0.05) is 12.1 Å². The molecule has 2 N–H and O–H groups in total. The highest BCUT2D eigenvalue weighted by molar-refractivity contribution is 6.08. The summed E-state index contributed by atoms with van der Waals surface area (Å²) in [6, 6.07) is 10.7. The van der Waals surface area contributed by atoms with Crippen LogP contribution in [0.1, 0.15) is 22.0 Å². The molecular weight excluding hydrogens is 310 g/mol. The van der Waals surface area contributed by atoms with Gasteiger partial charge >= 0.3 is 0 Å². The van der Waals surface area contributed by atoms with Gasteiger partial charge in [-0.05, 0) is 17.7 Å². The lowest BCUT2D eigenvalue weighted by molar-refractivity contribution is 0.0951. The van der Waals surface area contributed by atoms with Crippen LogP contribution in [-0.4, -0.2) is 33.2 Å². The predicted molar refractivity (Wildman–Crippen MR) is 88.9 cm³/mol. The molecule has 0 amide bonds. The van der Waals surface area contributed by atoms with Crippen molar-refractivity contribution in [3.05, 3.63) is 47.5 Å². The number of hydrogen-bond donors (Lipinski definition) is 1. The molecule has 0 bridgehead atoms. The van der Waals surface area contributed by atoms with Gasteiger partial charge in [0.2, 0.25) is 0 Å². The SMILES string of the molecule is COc1ccc(C2OC2C(=O)c2c(N)cc(OC)cc2OC)cc1. The summed E-state index contributed by atoms with van der Waals surface area (Å²) < 4.78 is 21.1. The second kappa shape index (κ2) is 6.41. The maximum atomic E-state index is 12.8. The summed E-state index contributed by atoms with van der Waals surface area (Å²) in [7, 11) is 4.62. The van der Waals surface area contributed by atoms with E-state index in [2.05, 4.69) is 0 Å². The number of nitrogen functional groups attached to an aromatic ring is 1. The fourth-order valence-corrected chi connectivity index (χ4v) is 2.65. The molecule has 0 saturated carbocycles. The van der Waals surface area contributed by atoms with Gasteiger partial charge in [-0.2, -0.15) is 0 Å². The van der Waals surface area contributed by atoms with Crippen LogP contribution in [0.25, 0.3) is 0 Å². The van der Waals surface area contributed by atoms with E-state index >= 15 is 0 Å². The molecule has 1 fully saturated rings. The standard InChI is InChI=1S/C18H19NO5/c1-21-11-6-4-10(5-7-11)17-18(24-17)16(20)15-13(19)8-12(22-2)9-14(15)23-3/h4-9,17-18H,19H2,1-3H3. The molecule has 0 radical (unpaired) electrons. The number of epoxide rings is 1. The van der Waals surface area contributed by atoms with Crippen LogP contribution in [-0.2, 0) is 4.74 Å². The Hall–Kier alpha value is -2.73. The van der Waals surface area contributed by atoms with Gasteiger partial charge in [0.25, 0.3) is 0 Å². The lowest BCUT2D eigenvalue weighted by Gasteiger charge is -2.11. The molecule has 3 rings (SSSR count). The van der Waals surface area contributed by atoms with Crippen molar-refractivity contribution in [3.8, 4) is 17.2 Å². The summed E-state index contributed by atoms with van der Waals surface area (Å²) in [5, 5.41) is 0. The van der Waals surface area contributed by atoms with Crippen LogP contribution < -0.4 is 19.9 Å². The quantitative estimate of drug-likeness (QED) is 0.498. The zero-order chi connectivity index (χ0) is 17.3. The summed E-state index contributed by atoms with van der Waals surface area (Å²) in [6.45, 7) is 0. The van der Waals surface area contributed by atoms with Crippen LogP contribution in [0, 0.1) is 0 Å². The predicted octanol–water partition coefficient (Wildman–Crippen LogP) is 2.62. The van der Waals surface area contributed by atoms with E-state index in [-0.39, 0.29) is 11.9 Å². The minimum atomic E-state index is -0.567. The van der Waals surface area contributed by atoms with E-state index in [1.165, 1.54) is 14.2 Å². The average molecular weight is 329 g/mol. The fourth-order valence-electron chi connectivity index (χ4n) is 2.65. The number of Topliss-reactive ketones (excluding diaryl/α,β-unsaturated/α-hetero) is 1. The third-order valence-electron chi connectivity index (χ3n) is 4.00. The van der Waals surface area contributed by atoms with Crippen LogP contribution in [0.3, 0.4) is 0 Å². The fraction of sp³-hybridized carbons (Fsp3) is 0.278. The molecule has 2 aromatic carbocycles. The van der Waals surface area contributed by atoms with Crippen LogP contribution in [0.4, 0.5) is 5.69 Å². The molecule has 1 aliphatic rings. The van der Waals surface area contributed by atoms with E-state index in [0.717, 1.165) is 11.3 Å². The number of benzene rings is 2. The minimum Gasteiger partial charge on any atom is -0.497 e. The largest absolute Gasteiger partial charge is 0.497 e. The van der Waals surface area contributed by atoms with Crippen molar-refractivity contribution in [1.29, 1.82) is 0 Å². The maximum absolute atomic E-state index is 12.8. The van der Waals surface area contributed by atoms with E-state index in [9.17, 15) is 4.79 Å². The Bertz CT molecular complexity index is 757. The van der Waals surface area contributed by atoms with Crippen molar-refractivity contribution in [1.82, 2.24) is 0 Å². The van der Waals surface area contributed by atoms with E-state index in [4.69, 9.17) is 24.7 Å². The zero-order valence-electron chi connectivity index (χ0n) is 13.7. The van der Waals surface area contributed by atoms with E-state index < -0.39 is 6.10 Å². The lowest BCUT2D eigenvalue weighted by Crippen LogP contribution is -2.13. The number of ether oxygens (including phenoxy) is 4. The van der Waals surface area contributed by atoms with Gasteiger partial charge in [0.15, 0.2) is 11.9 Å². The summed E-state index contributed by atoms with van der Waals surface area (Å²) in [5.41, 5.74) is 7.55. The molecule has 6 heteroatoms. The Morgan fingerprint density at radius 1 is 1.00 bits per heavy atom. The van der Waals surface area contributed by atoms with Gasteiger partial charge in [0, 0.05) is 17.8 Å². The monoisotopic (exact) mass is 329 g/mol. The topological polar surface area (TPSA) is 83.3 Å². The number of ketones is 1. The average Bonchev–Trinajstić information content (AvgIpc) is 3.41. The van der Waals surface area contributed by atoms with E-state index in [1.807, 2.05) is 24.3 Å². The normalized spacial score (nSPS) is 18.8. The van der Waals surface area contributed by atoms with Crippen molar-refractivity contribution >= 4 is 11.5 Å². The molecule has 2 atom stereocenters. The number of rotatable bonds is 6. The van der Waals surface area contributed by atoms with Crippen LogP contribution >= 0.6 is 0 Å². The van der Waals surface area contributed by atoms with Gasteiger partial charge in [0.1, 0.15) is 23.4 Å². The summed E-state index contributed by atoms with van der Waals surface area (Å²) in [4.78, 5) is 12.8. The third kappa shape index (κ3) is 2.88. The Balaban J connectivity index is 1.83. The molecule has 1 saturated heterocycles. The molecule has 1 aliphatic heterocycles. The van der Waals surface area contributed by atoms with Crippen molar-refractivity contribution < 1.29 is 23.7 Å². The molecule has 0 aromatic heterocycles. The molecule has 2 aromatic rings. The Kier molecular flexibility index (Phi) is 4.31. The second-order valence-corrected chi connectivity index (χ2v) is 5.41. The first-order chi connectivity index (χ1) is 11.6. The number of anilines is 1. The van der Waals surface area contributed by atoms with Gasteiger partial charge in [-0.25, -0.2) is 0 Å². The summed E-state index contributed by atoms with van der Waals surface area (Å²) in [5.74, 6) is 1.46. The van der Waals surface area contributed by atoms with Crippen molar-refractivity contribution in [2.75, 3.05) is 27.1 Å². The molecule has 126 valence electrons. The van der Waals surface area contributed by atoms with Gasteiger partial charge in [0.05, 0.1) is 26.9 Å². The second-order valence-electron chi connectivity index (χ2n) is 5.41. The summed E-state index contributed by atoms with van der Waals surface area (Å²) >= 11 is 0. The Morgan fingerprint density at radius 2 is 1.67 bits per heavy atom. The van der Waals surface area contributed by atoms with E-state index in [1.54, 1.807) is 19.2 Å². The Labute approximate surface area is 140 Å². The molecular formula is C18H19NO5. The smallest absolute Gasteiger partial charge is 0.200 e. The number of carbonyl (C=O) groups is 1. The minimum absolute atomic E-state index is 0.201. The molecule has 6 nitrogen and oxygen atoms in total. The third-order valence-corrected chi connectivity index (χ3v) is 4.00. The van der Waals surface area contributed by atoms with Gasteiger partial charge in [-0.15, -0.1) is 0 Å². The van der Waals surface area contributed by atoms with Gasteiger partial charge < -0.3 is 24.7 Å². The molecule has 2 unspecified atom stereocenters. The number of hydrogen-bond acceptors (Lipinski definition) is 6. The highest BCUT2D eigenvalue weighted by Crippen LogP contribution is 2.43. The number of carbonyl (C=O) groups excluding carboxylic acids is 1. The molecule has 24 heavy (non-hydrogen) atoms. The molecule has 1 heterocycles. The molecule has 0 aliphatic carbocycles. The van der Waals surface area contributed by atoms with Crippen LogP contribution in [0.5, 0.6) is 17.2 Å². The lowest BCUT2D eigenvalue weighted by atomic mass is 10.00. The number of nitrogens with two attached hydrogens (primary N) is 1. The van der Waals surface area contributed by atoms with Crippen LogP contribution in [0.2, 0.25) is 0 Å². The van der Waals surface area contributed by atoms with Crippen molar-refractivity contribution in [2.45, 2.75) is 12.2 Å². The summed E-state index contributed by atoms with van der Waals surface area (Å²) in [6.07, 6.45) is -0.849. The van der Waals surface area contributed by atoms with Gasteiger partial charge in [-0.3, -0.25) is 4.79 Å². The van der Waals surface area contributed by atoms with Crippen molar-refractivity contribution in [2.24, 2.45) is 0 Å². The first-order valence-electron chi connectivity index (χ1n) is 7.44.